The molecule has 0 aliphatic heterocycles. The minimum Gasteiger partial charge on any atom is -0.389 e. The molecule has 0 fully saturated rings. The monoisotopic (exact) mass is 455 g/mol. The van der Waals surface area contributed by atoms with Crippen molar-refractivity contribution in [1.82, 2.24) is 5.32 Å². The van der Waals surface area contributed by atoms with Gasteiger partial charge in [0.05, 0.1) is 12.7 Å². The lowest BCUT2D eigenvalue weighted by molar-refractivity contribution is 0.0355. The Bertz CT molecular complexity index is 324. The SMILES string of the molecule is CCCCCCCCCCCCCCCCNCC(O)COCCCCCCCCCC. The summed E-state index contributed by atoms with van der Waals surface area (Å²) >= 11 is 0. The van der Waals surface area contributed by atoms with Crippen LogP contribution in [0.3, 0.4) is 0 Å². The molecule has 0 aromatic carbocycles. The fourth-order valence-corrected chi connectivity index (χ4v) is 4.33. The topological polar surface area (TPSA) is 41.5 Å². The first-order valence-electron chi connectivity index (χ1n) is 14.8. The van der Waals surface area contributed by atoms with Gasteiger partial charge in [0.15, 0.2) is 0 Å². The molecule has 0 aromatic heterocycles. The van der Waals surface area contributed by atoms with Gasteiger partial charge in [0.1, 0.15) is 0 Å². The molecule has 0 aromatic rings. The molecule has 32 heavy (non-hydrogen) atoms. The van der Waals surface area contributed by atoms with Crippen molar-refractivity contribution in [1.29, 1.82) is 0 Å². The summed E-state index contributed by atoms with van der Waals surface area (Å²) in [6.07, 6.45) is 29.8. The summed E-state index contributed by atoms with van der Waals surface area (Å²) in [6.45, 7) is 7.51. The van der Waals surface area contributed by atoms with Crippen LogP contribution in [0.2, 0.25) is 0 Å². The third-order valence-corrected chi connectivity index (χ3v) is 6.54. The van der Waals surface area contributed by atoms with E-state index in [9.17, 15) is 5.11 Å². The third kappa shape index (κ3) is 27.9. The Labute approximate surface area is 202 Å². The zero-order chi connectivity index (χ0) is 23.4. The lowest BCUT2D eigenvalue weighted by Gasteiger charge is -2.12. The van der Waals surface area contributed by atoms with Crippen LogP contribution in [0.15, 0.2) is 0 Å². The number of aliphatic hydroxyl groups is 1. The lowest BCUT2D eigenvalue weighted by Crippen LogP contribution is -2.31. The Balaban J connectivity index is 3.12. The molecule has 3 nitrogen and oxygen atoms in total. The maximum absolute atomic E-state index is 10.0. The fraction of sp³-hybridized carbons (Fsp3) is 1.00. The maximum Gasteiger partial charge on any atom is 0.0897 e. The number of hydrogen-bond acceptors (Lipinski definition) is 3. The first kappa shape index (κ1) is 31.9. The Kier molecular flexibility index (Phi) is 28.8. The second-order valence-electron chi connectivity index (χ2n) is 10.0. The Morgan fingerprint density at radius 1 is 0.531 bits per heavy atom. The van der Waals surface area contributed by atoms with Gasteiger partial charge in [0.2, 0.25) is 0 Å². The molecule has 0 saturated carbocycles. The standard InChI is InChI=1S/C29H61NO2/c1-3-5-7-9-11-13-14-15-16-17-18-19-21-23-25-30-27-29(31)28-32-26-24-22-20-12-10-8-6-4-2/h29-31H,3-28H2,1-2H3. The highest BCUT2D eigenvalue weighted by Crippen LogP contribution is 2.13. The maximum atomic E-state index is 10.0. The van der Waals surface area contributed by atoms with Crippen LogP contribution in [0.4, 0.5) is 0 Å². The number of nitrogens with one attached hydrogen (secondary N) is 1. The summed E-state index contributed by atoms with van der Waals surface area (Å²) in [5.41, 5.74) is 0. The highest BCUT2D eigenvalue weighted by Gasteiger charge is 2.03. The molecule has 194 valence electrons. The number of rotatable bonds is 28. The molecule has 1 atom stereocenters. The summed E-state index contributed by atoms with van der Waals surface area (Å²) in [5.74, 6) is 0. The highest BCUT2D eigenvalue weighted by molar-refractivity contribution is 4.59. The normalized spacial score (nSPS) is 12.5. The number of ether oxygens (including phenoxy) is 1. The van der Waals surface area contributed by atoms with E-state index < -0.39 is 0 Å². The van der Waals surface area contributed by atoms with E-state index in [1.807, 2.05) is 0 Å². The van der Waals surface area contributed by atoms with Gasteiger partial charge in [-0.3, -0.25) is 0 Å². The molecule has 0 aliphatic carbocycles. The molecule has 0 aliphatic rings. The van der Waals surface area contributed by atoms with E-state index in [0.717, 1.165) is 19.6 Å². The van der Waals surface area contributed by atoms with Gasteiger partial charge in [0.25, 0.3) is 0 Å². The van der Waals surface area contributed by atoms with Crippen LogP contribution in [-0.4, -0.2) is 37.5 Å². The second kappa shape index (κ2) is 28.9. The molecular formula is C29H61NO2. The van der Waals surface area contributed by atoms with Crippen LogP contribution >= 0.6 is 0 Å². The Hall–Kier alpha value is -0.120. The van der Waals surface area contributed by atoms with Crippen molar-refractivity contribution in [3.8, 4) is 0 Å². The van der Waals surface area contributed by atoms with Gasteiger partial charge in [-0.1, -0.05) is 142 Å². The zero-order valence-corrected chi connectivity index (χ0v) is 22.3. The van der Waals surface area contributed by atoms with Gasteiger partial charge in [-0.15, -0.1) is 0 Å². The Morgan fingerprint density at radius 2 is 0.906 bits per heavy atom. The van der Waals surface area contributed by atoms with E-state index in [1.54, 1.807) is 0 Å². The predicted octanol–water partition coefficient (Wildman–Crippen LogP) is 8.58. The zero-order valence-electron chi connectivity index (χ0n) is 22.3. The smallest absolute Gasteiger partial charge is 0.0897 e. The van der Waals surface area contributed by atoms with E-state index in [4.69, 9.17) is 4.74 Å². The first-order chi connectivity index (χ1) is 15.8. The summed E-state index contributed by atoms with van der Waals surface area (Å²) in [5, 5.41) is 13.4. The molecular weight excluding hydrogens is 394 g/mol. The summed E-state index contributed by atoms with van der Waals surface area (Å²) < 4.78 is 5.63. The number of hydrogen-bond donors (Lipinski definition) is 2. The summed E-state index contributed by atoms with van der Waals surface area (Å²) in [4.78, 5) is 0. The largest absolute Gasteiger partial charge is 0.389 e. The van der Waals surface area contributed by atoms with Gasteiger partial charge in [0, 0.05) is 13.2 Å². The minimum atomic E-state index is -0.365. The van der Waals surface area contributed by atoms with Crippen LogP contribution in [0.25, 0.3) is 0 Å². The van der Waals surface area contributed by atoms with Crippen molar-refractivity contribution in [2.24, 2.45) is 0 Å². The van der Waals surface area contributed by atoms with E-state index in [0.29, 0.717) is 13.2 Å². The van der Waals surface area contributed by atoms with E-state index in [1.165, 1.54) is 135 Å². The predicted molar refractivity (Wildman–Crippen MR) is 143 cm³/mol. The van der Waals surface area contributed by atoms with E-state index >= 15 is 0 Å². The van der Waals surface area contributed by atoms with Crippen LogP contribution in [0.5, 0.6) is 0 Å². The third-order valence-electron chi connectivity index (χ3n) is 6.54. The van der Waals surface area contributed by atoms with Crippen LogP contribution < -0.4 is 5.32 Å². The molecule has 0 spiro atoms. The van der Waals surface area contributed by atoms with Crippen molar-refractivity contribution < 1.29 is 9.84 Å². The number of unbranched alkanes of at least 4 members (excludes halogenated alkanes) is 20. The average molecular weight is 456 g/mol. The quantitative estimate of drug-likeness (QED) is 0.116. The summed E-state index contributed by atoms with van der Waals surface area (Å²) in [6, 6.07) is 0. The van der Waals surface area contributed by atoms with Gasteiger partial charge in [-0.2, -0.15) is 0 Å². The molecule has 0 radical (unpaired) electrons. The van der Waals surface area contributed by atoms with Gasteiger partial charge in [-0.05, 0) is 19.4 Å². The molecule has 1 unspecified atom stereocenters. The van der Waals surface area contributed by atoms with Gasteiger partial charge >= 0.3 is 0 Å². The Morgan fingerprint density at radius 3 is 1.34 bits per heavy atom. The molecule has 0 heterocycles. The van der Waals surface area contributed by atoms with Gasteiger partial charge < -0.3 is 15.2 Å². The van der Waals surface area contributed by atoms with Crippen molar-refractivity contribution in [2.45, 2.75) is 161 Å². The van der Waals surface area contributed by atoms with Crippen LogP contribution in [-0.2, 0) is 4.74 Å². The van der Waals surface area contributed by atoms with Crippen LogP contribution in [0, 0.1) is 0 Å². The molecule has 0 saturated heterocycles. The van der Waals surface area contributed by atoms with Gasteiger partial charge in [-0.25, -0.2) is 0 Å². The molecule has 0 rings (SSSR count). The first-order valence-corrected chi connectivity index (χ1v) is 14.8. The molecule has 3 heteroatoms. The van der Waals surface area contributed by atoms with Crippen molar-refractivity contribution in [3.63, 3.8) is 0 Å². The van der Waals surface area contributed by atoms with E-state index in [2.05, 4.69) is 19.2 Å². The summed E-state index contributed by atoms with van der Waals surface area (Å²) in [7, 11) is 0. The average Bonchev–Trinajstić information content (AvgIpc) is 2.80. The second-order valence-corrected chi connectivity index (χ2v) is 10.0. The van der Waals surface area contributed by atoms with E-state index in [-0.39, 0.29) is 6.10 Å². The fourth-order valence-electron chi connectivity index (χ4n) is 4.33. The molecule has 0 amide bonds. The number of aliphatic hydroxyl groups excluding tert-OH is 1. The molecule has 0 bridgehead atoms. The molecule has 2 N–H and O–H groups in total. The van der Waals surface area contributed by atoms with Crippen molar-refractivity contribution in [3.05, 3.63) is 0 Å². The van der Waals surface area contributed by atoms with Crippen LogP contribution in [0.1, 0.15) is 155 Å². The lowest BCUT2D eigenvalue weighted by atomic mass is 10.0. The highest BCUT2D eigenvalue weighted by atomic mass is 16.5. The van der Waals surface area contributed by atoms with Crippen molar-refractivity contribution in [2.75, 3.05) is 26.3 Å². The van der Waals surface area contributed by atoms with Crippen molar-refractivity contribution >= 4 is 0 Å². The minimum absolute atomic E-state index is 0.365.